The predicted octanol–water partition coefficient (Wildman–Crippen LogP) is 2.90. The van der Waals surface area contributed by atoms with Crippen molar-refractivity contribution >= 4 is 0 Å². The van der Waals surface area contributed by atoms with E-state index in [1.165, 1.54) is 45.1 Å². The van der Waals surface area contributed by atoms with E-state index in [1.807, 2.05) is 0 Å². The second-order valence-electron chi connectivity index (χ2n) is 7.18. The molecule has 3 atom stereocenters. The van der Waals surface area contributed by atoms with Crippen LogP contribution in [0.3, 0.4) is 0 Å². The molecule has 2 fully saturated rings. The van der Waals surface area contributed by atoms with Crippen LogP contribution < -0.4 is 5.32 Å². The second kappa shape index (κ2) is 7.77. The van der Waals surface area contributed by atoms with E-state index >= 15 is 0 Å². The van der Waals surface area contributed by atoms with Gasteiger partial charge < -0.3 is 15.0 Å². The lowest BCUT2D eigenvalue weighted by Crippen LogP contribution is -2.51. The Labute approximate surface area is 125 Å². The normalized spacial score (nSPS) is 35.4. The van der Waals surface area contributed by atoms with Crippen LogP contribution in [-0.2, 0) is 4.74 Å². The summed E-state index contributed by atoms with van der Waals surface area (Å²) in [5, 5.41) is 3.57. The van der Waals surface area contributed by atoms with Crippen LogP contribution in [-0.4, -0.2) is 50.8 Å². The summed E-state index contributed by atoms with van der Waals surface area (Å²) in [5.74, 6) is 0.856. The molecule has 0 radical (unpaired) electrons. The molecule has 3 heteroatoms. The third-order valence-corrected chi connectivity index (χ3v) is 5.37. The molecule has 1 aliphatic heterocycles. The summed E-state index contributed by atoms with van der Waals surface area (Å²) >= 11 is 0. The molecule has 118 valence electrons. The number of rotatable bonds is 6. The molecular formula is C17H34N2O. The van der Waals surface area contributed by atoms with Gasteiger partial charge in [0.2, 0.25) is 0 Å². The molecule has 2 aliphatic rings. The lowest BCUT2D eigenvalue weighted by atomic mass is 9.79. The number of hydrogen-bond acceptors (Lipinski definition) is 3. The second-order valence-corrected chi connectivity index (χ2v) is 7.18. The number of hydrogen-bond donors (Lipinski definition) is 1. The molecule has 1 N–H and O–H groups in total. The van der Waals surface area contributed by atoms with Gasteiger partial charge in [-0.2, -0.15) is 0 Å². The first kappa shape index (κ1) is 16.3. The standard InChI is InChI=1S/C17H34N2O/c1-4-18-12-17(10-7-11-20-14-17)13-19(3)16-9-6-5-8-15(16)2/h15-16,18H,4-14H2,1-3H3. The topological polar surface area (TPSA) is 24.5 Å². The fourth-order valence-electron chi connectivity index (χ4n) is 4.22. The molecule has 3 unspecified atom stereocenters. The molecule has 2 rings (SSSR count). The molecule has 0 bridgehead atoms. The van der Waals surface area contributed by atoms with E-state index < -0.39 is 0 Å². The van der Waals surface area contributed by atoms with Crippen LogP contribution in [0.1, 0.15) is 52.4 Å². The van der Waals surface area contributed by atoms with E-state index in [1.54, 1.807) is 0 Å². The van der Waals surface area contributed by atoms with Gasteiger partial charge in [-0.1, -0.05) is 26.7 Å². The largest absolute Gasteiger partial charge is 0.381 e. The zero-order valence-electron chi connectivity index (χ0n) is 13.8. The molecule has 0 amide bonds. The third kappa shape index (κ3) is 4.19. The van der Waals surface area contributed by atoms with Crippen molar-refractivity contribution in [2.45, 2.75) is 58.4 Å². The van der Waals surface area contributed by atoms with Crippen molar-refractivity contribution in [3.05, 3.63) is 0 Å². The van der Waals surface area contributed by atoms with E-state index in [-0.39, 0.29) is 0 Å². The Morgan fingerprint density at radius 1 is 1.25 bits per heavy atom. The molecule has 0 aromatic heterocycles. The minimum atomic E-state index is 0.334. The smallest absolute Gasteiger partial charge is 0.0546 e. The first-order valence-electron chi connectivity index (χ1n) is 8.65. The van der Waals surface area contributed by atoms with Gasteiger partial charge in [0.15, 0.2) is 0 Å². The van der Waals surface area contributed by atoms with Crippen molar-refractivity contribution in [1.82, 2.24) is 10.2 Å². The highest BCUT2D eigenvalue weighted by molar-refractivity contribution is 4.89. The highest BCUT2D eigenvalue weighted by Crippen LogP contribution is 2.33. The Morgan fingerprint density at radius 2 is 2.05 bits per heavy atom. The zero-order valence-corrected chi connectivity index (χ0v) is 13.8. The maximum Gasteiger partial charge on any atom is 0.0546 e. The summed E-state index contributed by atoms with van der Waals surface area (Å²) in [5.41, 5.74) is 0.334. The first-order chi connectivity index (χ1) is 9.67. The summed E-state index contributed by atoms with van der Waals surface area (Å²) < 4.78 is 5.83. The molecule has 0 spiro atoms. The SMILES string of the molecule is CCNCC1(CN(C)C2CCCCC2C)CCCOC1. The van der Waals surface area contributed by atoms with Gasteiger partial charge in [-0.15, -0.1) is 0 Å². The average molecular weight is 282 g/mol. The van der Waals surface area contributed by atoms with Crippen LogP contribution in [0.5, 0.6) is 0 Å². The monoisotopic (exact) mass is 282 g/mol. The maximum absolute atomic E-state index is 5.83. The van der Waals surface area contributed by atoms with Crippen molar-refractivity contribution in [2.24, 2.45) is 11.3 Å². The van der Waals surface area contributed by atoms with Gasteiger partial charge in [0, 0.05) is 31.2 Å². The van der Waals surface area contributed by atoms with Gasteiger partial charge in [-0.3, -0.25) is 0 Å². The maximum atomic E-state index is 5.83. The molecule has 1 saturated carbocycles. The lowest BCUT2D eigenvalue weighted by molar-refractivity contribution is -0.0342. The lowest BCUT2D eigenvalue weighted by Gasteiger charge is -2.44. The summed E-state index contributed by atoms with van der Waals surface area (Å²) in [6, 6.07) is 0.782. The molecule has 1 saturated heterocycles. The minimum Gasteiger partial charge on any atom is -0.381 e. The molecule has 1 heterocycles. The van der Waals surface area contributed by atoms with Crippen molar-refractivity contribution in [1.29, 1.82) is 0 Å². The van der Waals surface area contributed by atoms with Crippen LogP contribution in [0, 0.1) is 11.3 Å². The predicted molar refractivity (Wildman–Crippen MR) is 85.1 cm³/mol. The van der Waals surface area contributed by atoms with Gasteiger partial charge in [0.25, 0.3) is 0 Å². The molecule has 1 aliphatic carbocycles. The van der Waals surface area contributed by atoms with E-state index in [9.17, 15) is 0 Å². The van der Waals surface area contributed by atoms with E-state index in [0.29, 0.717) is 5.41 Å². The van der Waals surface area contributed by atoms with Gasteiger partial charge >= 0.3 is 0 Å². The van der Waals surface area contributed by atoms with Crippen LogP contribution in [0.15, 0.2) is 0 Å². The molecule has 0 aromatic rings. The van der Waals surface area contributed by atoms with Gasteiger partial charge in [-0.05, 0) is 45.2 Å². The number of ether oxygens (including phenoxy) is 1. The van der Waals surface area contributed by atoms with E-state index in [0.717, 1.165) is 38.3 Å². The Bertz CT molecular complexity index is 276. The van der Waals surface area contributed by atoms with E-state index in [2.05, 4.69) is 31.1 Å². The Balaban J connectivity index is 1.95. The quantitative estimate of drug-likeness (QED) is 0.811. The van der Waals surface area contributed by atoms with Crippen molar-refractivity contribution < 1.29 is 4.74 Å². The number of nitrogens with zero attached hydrogens (tertiary/aromatic N) is 1. The van der Waals surface area contributed by atoms with E-state index in [4.69, 9.17) is 4.74 Å². The highest BCUT2D eigenvalue weighted by Gasteiger charge is 2.36. The summed E-state index contributed by atoms with van der Waals surface area (Å²) in [4.78, 5) is 2.65. The summed E-state index contributed by atoms with van der Waals surface area (Å²) in [7, 11) is 2.34. The van der Waals surface area contributed by atoms with Crippen molar-refractivity contribution in [2.75, 3.05) is 39.9 Å². The molecule has 0 aromatic carbocycles. The Kier molecular flexibility index (Phi) is 6.31. The van der Waals surface area contributed by atoms with Crippen LogP contribution in [0.2, 0.25) is 0 Å². The first-order valence-corrected chi connectivity index (χ1v) is 8.65. The average Bonchev–Trinajstić information content (AvgIpc) is 2.46. The molecule has 20 heavy (non-hydrogen) atoms. The fourth-order valence-corrected chi connectivity index (χ4v) is 4.22. The van der Waals surface area contributed by atoms with Crippen molar-refractivity contribution in [3.8, 4) is 0 Å². The van der Waals surface area contributed by atoms with Crippen molar-refractivity contribution in [3.63, 3.8) is 0 Å². The molecular weight excluding hydrogens is 248 g/mol. The van der Waals surface area contributed by atoms with Gasteiger partial charge in [-0.25, -0.2) is 0 Å². The Morgan fingerprint density at radius 3 is 2.70 bits per heavy atom. The molecule has 3 nitrogen and oxygen atoms in total. The highest BCUT2D eigenvalue weighted by atomic mass is 16.5. The summed E-state index contributed by atoms with van der Waals surface area (Å²) in [6.07, 6.45) is 8.17. The Hall–Kier alpha value is -0.120. The fraction of sp³-hybridized carbons (Fsp3) is 1.00. The third-order valence-electron chi connectivity index (χ3n) is 5.37. The van der Waals surface area contributed by atoms with Crippen LogP contribution in [0.4, 0.5) is 0 Å². The summed E-state index contributed by atoms with van der Waals surface area (Å²) in [6.45, 7) is 9.89. The zero-order chi connectivity index (χ0) is 14.4. The number of nitrogens with one attached hydrogen (secondary N) is 1. The van der Waals surface area contributed by atoms with Crippen LogP contribution >= 0.6 is 0 Å². The minimum absolute atomic E-state index is 0.334. The van der Waals surface area contributed by atoms with Crippen LogP contribution in [0.25, 0.3) is 0 Å². The van der Waals surface area contributed by atoms with Gasteiger partial charge in [0.1, 0.15) is 0 Å². The van der Waals surface area contributed by atoms with Gasteiger partial charge in [0.05, 0.1) is 6.61 Å².